The third kappa shape index (κ3) is 4.84. The van der Waals surface area contributed by atoms with E-state index in [0.29, 0.717) is 18.9 Å². The van der Waals surface area contributed by atoms with Crippen molar-refractivity contribution in [2.45, 2.75) is 57.7 Å². The number of carbonyl (C=O) groups is 2. The van der Waals surface area contributed by atoms with Gasteiger partial charge in [-0.05, 0) is 12.3 Å². The molecule has 1 heterocycles. The Hall–Kier alpha value is -1.81. The van der Waals surface area contributed by atoms with Gasteiger partial charge in [0.25, 0.3) is 5.91 Å². The van der Waals surface area contributed by atoms with Gasteiger partial charge in [0, 0.05) is 19.0 Å². The maximum atomic E-state index is 12.4. The number of hydrogen-bond acceptors (Lipinski definition) is 5. The number of nitrogens with zero attached hydrogens (tertiary/aromatic N) is 2. The van der Waals surface area contributed by atoms with Crippen LogP contribution in [0.1, 0.15) is 45.4 Å². The first-order valence-corrected chi connectivity index (χ1v) is 8.81. The van der Waals surface area contributed by atoms with E-state index in [-0.39, 0.29) is 19.0 Å². The average molecular weight is 337 g/mol. The van der Waals surface area contributed by atoms with Gasteiger partial charge in [0.1, 0.15) is 6.54 Å². The first kappa shape index (κ1) is 18.5. The summed E-state index contributed by atoms with van der Waals surface area (Å²) in [5.41, 5.74) is 0. The molecule has 1 aliphatic carbocycles. The van der Waals surface area contributed by atoms with Crippen LogP contribution in [0.2, 0.25) is 0 Å². The zero-order valence-electron chi connectivity index (χ0n) is 14.2. The first-order chi connectivity index (χ1) is 11.5. The largest absolute Gasteiger partial charge is 0.436 e. The van der Waals surface area contributed by atoms with E-state index in [1.54, 1.807) is 0 Å². The van der Waals surface area contributed by atoms with Crippen LogP contribution < -0.4 is 5.32 Å². The van der Waals surface area contributed by atoms with Gasteiger partial charge >= 0.3 is 6.09 Å². The highest BCUT2D eigenvalue weighted by molar-refractivity contribution is 5.84. The molecule has 7 heteroatoms. The molecule has 2 aliphatic rings. The van der Waals surface area contributed by atoms with Crippen LogP contribution >= 0.6 is 0 Å². The Balaban J connectivity index is 2.02. The van der Waals surface area contributed by atoms with Gasteiger partial charge < -0.3 is 20.1 Å². The molecule has 1 aliphatic heterocycles. The van der Waals surface area contributed by atoms with Crippen molar-refractivity contribution < 1.29 is 19.4 Å². The van der Waals surface area contributed by atoms with Crippen molar-refractivity contribution in [3.63, 3.8) is 0 Å². The Morgan fingerprint density at radius 3 is 2.62 bits per heavy atom. The zero-order valence-corrected chi connectivity index (χ0v) is 14.2. The number of β-amino-alcohol motifs (C(OH)–C–C–N with tert-alkyl or cyclic N) is 1. The molecule has 0 aromatic rings. The molecule has 1 saturated heterocycles. The van der Waals surface area contributed by atoms with E-state index in [1.165, 1.54) is 11.3 Å². The molecule has 1 saturated carbocycles. The number of amides is 2. The number of ether oxygens (including phenoxy) is 1. The van der Waals surface area contributed by atoms with Crippen LogP contribution in [0.15, 0.2) is 0 Å². The van der Waals surface area contributed by atoms with Gasteiger partial charge in [-0.3, -0.25) is 4.79 Å². The number of carbonyl (C=O) groups excluding carboxylic acids is 2. The van der Waals surface area contributed by atoms with E-state index < -0.39 is 24.2 Å². The summed E-state index contributed by atoms with van der Waals surface area (Å²) in [6.45, 7) is 2.51. The molecule has 0 aromatic heterocycles. The lowest BCUT2D eigenvalue weighted by Gasteiger charge is -2.33. The molecule has 0 bridgehead atoms. The number of nitrogens with one attached hydrogen (secondary N) is 1. The lowest BCUT2D eigenvalue weighted by Crippen LogP contribution is -2.46. The first-order valence-electron chi connectivity index (χ1n) is 8.81. The maximum absolute atomic E-state index is 12.4. The molecule has 2 rings (SSSR count). The summed E-state index contributed by atoms with van der Waals surface area (Å²) in [5.74, 6) is -0.170. The van der Waals surface area contributed by atoms with Gasteiger partial charge in [-0.25, -0.2) is 4.79 Å². The molecule has 2 fully saturated rings. The lowest BCUT2D eigenvalue weighted by atomic mass is 9.78. The highest BCUT2D eigenvalue weighted by Gasteiger charge is 2.36. The normalized spacial score (nSPS) is 24.0. The second-order valence-electron chi connectivity index (χ2n) is 6.83. The fraction of sp³-hybridized carbons (Fsp3) is 0.824. The summed E-state index contributed by atoms with van der Waals surface area (Å²) in [6, 6.07) is 1.87. The Kier molecular flexibility index (Phi) is 6.85. The Bertz CT molecular complexity index is 485. The van der Waals surface area contributed by atoms with Gasteiger partial charge in [-0.1, -0.05) is 39.0 Å². The van der Waals surface area contributed by atoms with E-state index in [9.17, 15) is 14.7 Å². The summed E-state index contributed by atoms with van der Waals surface area (Å²) in [7, 11) is 0. The molecule has 2 amide bonds. The smallest absolute Gasteiger partial charge is 0.410 e. The number of nitriles is 1. The van der Waals surface area contributed by atoms with Gasteiger partial charge in [0.2, 0.25) is 0 Å². The van der Waals surface area contributed by atoms with Crippen molar-refractivity contribution in [3.8, 4) is 6.07 Å². The third-order valence-electron chi connectivity index (χ3n) is 5.12. The fourth-order valence-corrected chi connectivity index (χ4v) is 3.62. The van der Waals surface area contributed by atoms with Crippen LogP contribution in [-0.4, -0.2) is 53.8 Å². The van der Waals surface area contributed by atoms with E-state index in [0.717, 1.165) is 25.7 Å². The SMILES string of the molecule is CC(C1CCCCC1)C(OC(=O)N1CCC(O)C1)C(=O)NCC#N. The van der Waals surface area contributed by atoms with Crippen LogP contribution in [0, 0.1) is 23.2 Å². The van der Waals surface area contributed by atoms with Gasteiger partial charge in [-0.15, -0.1) is 0 Å². The van der Waals surface area contributed by atoms with Crippen LogP contribution in [-0.2, 0) is 9.53 Å². The molecule has 2 N–H and O–H groups in total. The topological polar surface area (TPSA) is 103 Å². The Morgan fingerprint density at radius 1 is 1.33 bits per heavy atom. The van der Waals surface area contributed by atoms with Gasteiger partial charge in [-0.2, -0.15) is 5.26 Å². The summed E-state index contributed by atoms with van der Waals surface area (Å²) < 4.78 is 5.51. The maximum Gasteiger partial charge on any atom is 0.410 e. The minimum atomic E-state index is -0.897. The third-order valence-corrected chi connectivity index (χ3v) is 5.12. The summed E-state index contributed by atoms with van der Waals surface area (Å²) >= 11 is 0. The lowest BCUT2D eigenvalue weighted by molar-refractivity contribution is -0.133. The second kappa shape index (κ2) is 8.88. The molecular formula is C17H27N3O4. The Labute approximate surface area is 142 Å². The quantitative estimate of drug-likeness (QED) is 0.739. The minimum absolute atomic E-state index is 0.0968. The summed E-state index contributed by atoms with van der Waals surface area (Å²) in [4.78, 5) is 26.1. The predicted molar refractivity (Wildman–Crippen MR) is 86.8 cm³/mol. The van der Waals surface area contributed by atoms with Gasteiger partial charge in [0.15, 0.2) is 6.10 Å². The standard InChI is InChI=1S/C17H27N3O4/c1-12(13-5-3-2-4-6-13)15(16(22)19-9-8-18)24-17(23)20-10-7-14(21)11-20/h12-15,21H,2-7,9-11H2,1H3,(H,19,22). The monoisotopic (exact) mass is 337 g/mol. The fourth-order valence-electron chi connectivity index (χ4n) is 3.62. The van der Waals surface area contributed by atoms with Crippen LogP contribution in [0.5, 0.6) is 0 Å². The number of rotatable bonds is 5. The molecule has 134 valence electrons. The van der Waals surface area contributed by atoms with Crippen molar-refractivity contribution in [1.29, 1.82) is 5.26 Å². The molecule has 3 unspecified atom stereocenters. The van der Waals surface area contributed by atoms with E-state index in [1.807, 2.05) is 13.0 Å². The molecule has 3 atom stereocenters. The number of aliphatic hydroxyl groups excluding tert-OH is 1. The summed E-state index contributed by atoms with van der Waals surface area (Å²) in [6.07, 6.45) is 4.07. The van der Waals surface area contributed by atoms with Crippen LogP contribution in [0.3, 0.4) is 0 Å². The van der Waals surface area contributed by atoms with Crippen LogP contribution in [0.25, 0.3) is 0 Å². The predicted octanol–water partition coefficient (Wildman–Crippen LogP) is 1.41. The van der Waals surface area contributed by atoms with Crippen molar-refractivity contribution >= 4 is 12.0 Å². The number of aliphatic hydroxyl groups is 1. The number of hydrogen-bond donors (Lipinski definition) is 2. The van der Waals surface area contributed by atoms with Crippen LogP contribution in [0.4, 0.5) is 4.79 Å². The molecule has 0 aromatic carbocycles. The minimum Gasteiger partial charge on any atom is -0.436 e. The highest BCUT2D eigenvalue weighted by atomic mass is 16.6. The molecule has 7 nitrogen and oxygen atoms in total. The second-order valence-corrected chi connectivity index (χ2v) is 6.83. The van der Waals surface area contributed by atoms with E-state index in [2.05, 4.69) is 5.32 Å². The van der Waals surface area contributed by atoms with Crippen molar-refractivity contribution in [2.75, 3.05) is 19.6 Å². The van der Waals surface area contributed by atoms with E-state index >= 15 is 0 Å². The Morgan fingerprint density at radius 2 is 2.04 bits per heavy atom. The average Bonchev–Trinajstić information content (AvgIpc) is 3.04. The molecular weight excluding hydrogens is 310 g/mol. The molecule has 0 spiro atoms. The van der Waals surface area contributed by atoms with Crippen molar-refractivity contribution in [1.82, 2.24) is 10.2 Å². The van der Waals surface area contributed by atoms with Crippen molar-refractivity contribution in [3.05, 3.63) is 0 Å². The molecule has 24 heavy (non-hydrogen) atoms. The highest BCUT2D eigenvalue weighted by Crippen LogP contribution is 2.33. The zero-order chi connectivity index (χ0) is 17.5. The summed E-state index contributed by atoms with van der Waals surface area (Å²) in [5, 5.41) is 20.7. The van der Waals surface area contributed by atoms with Crippen molar-refractivity contribution in [2.24, 2.45) is 11.8 Å². The van der Waals surface area contributed by atoms with E-state index in [4.69, 9.17) is 10.00 Å². The number of likely N-dealkylation sites (tertiary alicyclic amines) is 1. The molecule has 0 radical (unpaired) electrons. The van der Waals surface area contributed by atoms with Gasteiger partial charge in [0.05, 0.1) is 12.2 Å².